The molecule has 0 radical (unpaired) electrons. The molecule has 1 amide bonds. The van der Waals surface area contributed by atoms with E-state index < -0.39 is 0 Å². The number of para-hydroxylation sites is 2. The van der Waals surface area contributed by atoms with Crippen LogP contribution in [-0.4, -0.2) is 34.6 Å². The van der Waals surface area contributed by atoms with E-state index in [1.54, 1.807) is 24.3 Å². The Kier molecular flexibility index (Phi) is 8.27. The molecule has 0 bridgehead atoms. The van der Waals surface area contributed by atoms with Gasteiger partial charge in [0.1, 0.15) is 11.9 Å². The van der Waals surface area contributed by atoms with Crippen molar-refractivity contribution >= 4 is 41.0 Å². The van der Waals surface area contributed by atoms with Gasteiger partial charge in [-0.1, -0.05) is 18.2 Å². The summed E-state index contributed by atoms with van der Waals surface area (Å²) in [6, 6.07) is 15.1. The summed E-state index contributed by atoms with van der Waals surface area (Å²) in [4.78, 5) is 19.7. The molecule has 32 heavy (non-hydrogen) atoms. The van der Waals surface area contributed by atoms with Crippen LogP contribution in [-0.2, 0) is 4.79 Å². The van der Waals surface area contributed by atoms with E-state index in [4.69, 9.17) is 9.47 Å². The molecular weight excluding hydrogens is 428 g/mol. The number of aromatic amines is 1. The molecule has 3 aromatic rings. The van der Waals surface area contributed by atoms with Gasteiger partial charge in [-0.2, -0.15) is 5.26 Å². The normalized spacial score (nSPS) is 11.4. The number of H-pyrrole nitrogens is 1. The van der Waals surface area contributed by atoms with Gasteiger partial charge in [-0.05, 0) is 63.6 Å². The Labute approximate surface area is 193 Å². The minimum atomic E-state index is -0.331. The van der Waals surface area contributed by atoms with Crippen molar-refractivity contribution in [2.45, 2.75) is 33.2 Å². The Morgan fingerprint density at radius 3 is 2.59 bits per heavy atom. The molecule has 0 aliphatic heterocycles. The maximum absolute atomic E-state index is 12.1. The minimum Gasteiger partial charge on any atom is -0.490 e. The third-order valence-corrected chi connectivity index (χ3v) is 4.22. The van der Waals surface area contributed by atoms with Gasteiger partial charge >= 0.3 is 0 Å². The van der Waals surface area contributed by atoms with Gasteiger partial charge in [0.2, 0.25) is 0 Å². The Balaban J connectivity index is 0.00000363. The molecule has 1 heterocycles. The van der Waals surface area contributed by atoms with Gasteiger partial charge in [-0.3, -0.25) is 4.79 Å². The van der Waals surface area contributed by atoms with E-state index >= 15 is 0 Å². The van der Waals surface area contributed by atoms with Gasteiger partial charge in [-0.25, -0.2) is 4.98 Å². The zero-order valence-corrected chi connectivity index (χ0v) is 19.4. The lowest BCUT2D eigenvalue weighted by atomic mass is 10.1. The molecule has 0 unspecified atom stereocenters. The van der Waals surface area contributed by atoms with E-state index in [9.17, 15) is 10.1 Å². The van der Waals surface area contributed by atoms with Gasteiger partial charge in [0, 0.05) is 5.54 Å². The molecule has 3 rings (SSSR count). The van der Waals surface area contributed by atoms with Crippen LogP contribution in [0.15, 0.2) is 42.5 Å². The van der Waals surface area contributed by atoms with E-state index in [0.717, 1.165) is 16.6 Å². The Bertz CT molecular complexity index is 1120. The number of nitrogens with one attached hydrogen (secondary N) is 2. The second kappa shape index (κ2) is 10.7. The second-order valence-electron chi connectivity index (χ2n) is 8.00. The lowest BCUT2D eigenvalue weighted by molar-refractivity contribution is -0.124. The van der Waals surface area contributed by atoms with E-state index in [-0.39, 0.29) is 30.5 Å². The number of ether oxygens (including phenoxy) is 2. The number of fused-ring (bicyclic) bond motifs is 1. The number of carbonyl (C=O) groups excluding carboxylic acids is 1. The quantitative estimate of drug-likeness (QED) is 0.502. The summed E-state index contributed by atoms with van der Waals surface area (Å²) in [6.45, 7) is 7.92. The summed E-state index contributed by atoms with van der Waals surface area (Å²) in [6.07, 6.45) is 1.73. The van der Waals surface area contributed by atoms with Crippen LogP contribution in [0.3, 0.4) is 0 Å². The molecule has 2 aromatic carbocycles. The van der Waals surface area contributed by atoms with Crippen molar-refractivity contribution in [3.8, 4) is 17.6 Å². The van der Waals surface area contributed by atoms with E-state index in [1.807, 2.05) is 52.0 Å². The van der Waals surface area contributed by atoms with E-state index in [2.05, 4.69) is 21.4 Å². The Morgan fingerprint density at radius 2 is 1.94 bits per heavy atom. The summed E-state index contributed by atoms with van der Waals surface area (Å²) in [5.41, 5.74) is 2.49. The summed E-state index contributed by atoms with van der Waals surface area (Å²) in [7, 11) is 0. The summed E-state index contributed by atoms with van der Waals surface area (Å²) in [5.74, 6) is 1.25. The number of imidazole rings is 1. The number of hydrogen-bond donors (Lipinski definition) is 2. The predicted molar refractivity (Wildman–Crippen MR) is 128 cm³/mol. The largest absolute Gasteiger partial charge is 0.490 e. The smallest absolute Gasteiger partial charge is 0.258 e. The van der Waals surface area contributed by atoms with Crippen molar-refractivity contribution in [2.75, 3.05) is 13.2 Å². The average molecular weight is 455 g/mol. The molecule has 168 valence electrons. The van der Waals surface area contributed by atoms with Crippen LogP contribution in [0.25, 0.3) is 22.7 Å². The lowest BCUT2D eigenvalue weighted by Crippen LogP contribution is -2.43. The topological polar surface area (TPSA) is 100 Å². The highest BCUT2D eigenvalue weighted by Crippen LogP contribution is 2.30. The van der Waals surface area contributed by atoms with Gasteiger partial charge < -0.3 is 19.8 Å². The Hall–Kier alpha value is -3.50. The highest BCUT2D eigenvalue weighted by atomic mass is 35.5. The molecule has 1 aromatic heterocycles. The number of aromatic nitrogens is 2. The number of benzene rings is 2. The maximum atomic E-state index is 12.1. The van der Waals surface area contributed by atoms with Crippen LogP contribution < -0.4 is 14.8 Å². The minimum absolute atomic E-state index is 0. The SMILES string of the molecule is CCOc1cc(/C=C(/C#N)c2nc3ccccc3[nH]2)ccc1OCC(=O)NC(C)(C)C.Cl. The number of carbonyl (C=O) groups is 1. The molecule has 7 nitrogen and oxygen atoms in total. The summed E-state index contributed by atoms with van der Waals surface area (Å²) in [5, 5.41) is 12.5. The monoisotopic (exact) mass is 454 g/mol. The lowest BCUT2D eigenvalue weighted by Gasteiger charge is -2.20. The summed E-state index contributed by atoms with van der Waals surface area (Å²) < 4.78 is 11.4. The summed E-state index contributed by atoms with van der Waals surface area (Å²) >= 11 is 0. The molecule has 0 saturated carbocycles. The van der Waals surface area contributed by atoms with Gasteiger partial charge in [0.15, 0.2) is 18.1 Å². The zero-order chi connectivity index (χ0) is 22.4. The molecule has 0 spiro atoms. The van der Waals surface area contributed by atoms with Crippen LogP contribution in [0.2, 0.25) is 0 Å². The third kappa shape index (κ3) is 6.50. The fourth-order valence-electron chi connectivity index (χ4n) is 3.00. The number of nitriles is 1. The predicted octanol–water partition coefficient (Wildman–Crippen LogP) is 4.74. The van der Waals surface area contributed by atoms with Crippen LogP contribution in [0.5, 0.6) is 11.5 Å². The number of allylic oxidation sites excluding steroid dienone is 1. The molecule has 0 aliphatic carbocycles. The first kappa shape index (κ1) is 24.8. The third-order valence-electron chi connectivity index (χ3n) is 4.22. The molecule has 2 N–H and O–H groups in total. The molecule has 8 heteroatoms. The number of amides is 1. The number of rotatable bonds is 7. The van der Waals surface area contributed by atoms with Gasteiger partial charge in [-0.15, -0.1) is 12.4 Å². The second-order valence-corrected chi connectivity index (χ2v) is 8.00. The van der Waals surface area contributed by atoms with Crippen LogP contribution in [0, 0.1) is 11.3 Å². The fraction of sp³-hybridized carbons (Fsp3) is 0.292. The fourth-order valence-corrected chi connectivity index (χ4v) is 3.00. The molecule has 0 fully saturated rings. The molecular formula is C24H27ClN4O3. The number of halogens is 1. The van der Waals surface area contributed by atoms with Crippen molar-refractivity contribution in [3.05, 3.63) is 53.9 Å². The maximum Gasteiger partial charge on any atom is 0.258 e. The molecule has 0 saturated heterocycles. The van der Waals surface area contributed by atoms with Crippen molar-refractivity contribution in [1.29, 1.82) is 5.26 Å². The highest BCUT2D eigenvalue weighted by molar-refractivity contribution is 5.90. The average Bonchev–Trinajstić information content (AvgIpc) is 3.14. The van der Waals surface area contributed by atoms with Gasteiger partial charge in [0.05, 0.1) is 23.2 Å². The van der Waals surface area contributed by atoms with Crippen molar-refractivity contribution < 1.29 is 14.3 Å². The van der Waals surface area contributed by atoms with Crippen LogP contribution >= 0.6 is 12.4 Å². The molecule has 0 aliphatic rings. The van der Waals surface area contributed by atoms with Crippen molar-refractivity contribution in [1.82, 2.24) is 15.3 Å². The van der Waals surface area contributed by atoms with Crippen molar-refractivity contribution in [2.24, 2.45) is 0 Å². The molecule has 0 atom stereocenters. The van der Waals surface area contributed by atoms with Gasteiger partial charge in [0.25, 0.3) is 5.91 Å². The first-order valence-electron chi connectivity index (χ1n) is 10.1. The van der Waals surface area contributed by atoms with Crippen LogP contribution in [0.1, 0.15) is 39.1 Å². The first-order chi connectivity index (χ1) is 14.8. The highest BCUT2D eigenvalue weighted by Gasteiger charge is 2.15. The number of hydrogen-bond acceptors (Lipinski definition) is 5. The van der Waals surface area contributed by atoms with E-state index in [0.29, 0.717) is 29.5 Å². The zero-order valence-electron chi connectivity index (χ0n) is 18.6. The van der Waals surface area contributed by atoms with Crippen molar-refractivity contribution in [3.63, 3.8) is 0 Å². The Morgan fingerprint density at radius 1 is 1.19 bits per heavy atom. The van der Waals surface area contributed by atoms with E-state index in [1.165, 1.54) is 0 Å². The van der Waals surface area contributed by atoms with Crippen LogP contribution in [0.4, 0.5) is 0 Å². The first-order valence-corrected chi connectivity index (χ1v) is 10.1. The standard InChI is InChI=1S/C24H26N4O3.ClH/c1-5-30-21-13-16(10-11-20(21)31-15-22(29)28-24(2,3)4)12-17(14-25)23-26-18-8-6-7-9-19(18)27-23;/h6-13H,5,15H2,1-4H3,(H,26,27)(H,28,29);1H/b17-12-;. The number of nitrogens with zero attached hydrogens (tertiary/aromatic N) is 2.